The number of alkyl halides is 1. The Morgan fingerprint density at radius 1 is 1.64 bits per heavy atom. The first-order valence-electron chi connectivity index (χ1n) is 3.78. The average Bonchev–Trinajstić information content (AvgIpc) is 1.81. The van der Waals surface area contributed by atoms with Gasteiger partial charge in [-0.3, -0.25) is 4.79 Å². The molecule has 1 aliphatic carbocycles. The third-order valence-corrected chi connectivity index (χ3v) is 3.04. The lowest BCUT2D eigenvalue weighted by atomic mass is 9.77. The van der Waals surface area contributed by atoms with E-state index in [9.17, 15) is 4.79 Å². The lowest BCUT2D eigenvalue weighted by Crippen LogP contribution is -2.32. The molecule has 1 atom stereocenters. The first-order valence-corrected chi connectivity index (χ1v) is 4.22. The minimum atomic E-state index is -0.0720. The van der Waals surface area contributed by atoms with Crippen LogP contribution < -0.4 is 0 Å². The highest BCUT2D eigenvalue weighted by Gasteiger charge is 2.34. The van der Waals surface area contributed by atoms with Crippen molar-refractivity contribution >= 4 is 17.4 Å². The molecule has 1 unspecified atom stereocenters. The Kier molecular flexibility index (Phi) is 2.10. The summed E-state index contributed by atoms with van der Waals surface area (Å²) >= 11 is 6.10. The number of hydrogen-bond donors (Lipinski definition) is 0. The maximum atomic E-state index is 11.1. The van der Waals surface area contributed by atoms with Crippen LogP contribution in [0, 0.1) is 5.41 Å². The summed E-state index contributed by atoms with van der Waals surface area (Å²) in [5.41, 5.74) is 0.921. The van der Waals surface area contributed by atoms with Crippen LogP contribution in [0.2, 0.25) is 0 Å². The Morgan fingerprint density at radius 2 is 2.18 bits per heavy atom. The summed E-state index contributed by atoms with van der Waals surface area (Å²) in [5.74, 6) is 0.199. The second-order valence-corrected chi connectivity index (χ2v) is 4.32. The third kappa shape index (κ3) is 1.64. The lowest BCUT2D eigenvalue weighted by Gasteiger charge is -2.33. The number of carbonyl (C=O) groups is 1. The van der Waals surface area contributed by atoms with Gasteiger partial charge in [0.15, 0.2) is 5.78 Å². The van der Waals surface area contributed by atoms with Crippen LogP contribution in [-0.2, 0) is 4.79 Å². The summed E-state index contributed by atoms with van der Waals surface area (Å²) in [6.07, 6.45) is 2.22. The molecule has 2 heteroatoms. The van der Waals surface area contributed by atoms with Gasteiger partial charge in [-0.25, -0.2) is 0 Å². The van der Waals surface area contributed by atoms with Gasteiger partial charge in [0.05, 0.1) is 5.38 Å². The Labute approximate surface area is 72.4 Å². The molecule has 11 heavy (non-hydrogen) atoms. The van der Waals surface area contributed by atoms with Gasteiger partial charge in [-0.1, -0.05) is 19.4 Å². The zero-order chi connectivity index (χ0) is 8.65. The van der Waals surface area contributed by atoms with Gasteiger partial charge in [0, 0.05) is 6.42 Å². The van der Waals surface area contributed by atoms with E-state index in [0.717, 1.165) is 5.57 Å². The second kappa shape index (κ2) is 2.63. The minimum Gasteiger partial charge on any atom is -0.295 e. The predicted octanol–water partition coefficient (Wildman–Crippen LogP) is 2.54. The summed E-state index contributed by atoms with van der Waals surface area (Å²) < 4.78 is 0. The summed E-state index contributed by atoms with van der Waals surface area (Å²) in [4.78, 5) is 11.1. The normalized spacial score (nSPS) is 30.0. The minimum absolute atomic E-state index is 0.0141. The molecule has 0 fully saturated rings. The highest BCUT2D eigenvalue weighted by atomic mass is 35.5. The van der Waals surface area contributed by atoms with E-state index in [1.807, 2.05) is 20.8 Å². The van der Waals surface area contributed by atoms with Crippen LogP contribution in [0.5, 0.6) is 0 Å². The third-order valence-electron chi connectivity index (χ3n) is 2.10. The Hall–Kier alpha value is -0.300. The average molecular weight is 173 g/mol. The number of hydrogen-bond acceptors (Lipinski definition) is 1. The maximum Gasteiger partial charge on any atom is 0.156 e. The van der Waals surface area contributed by atoms with Crippen molar-refractivity contribution in [3.8, 4) is 0 Å². The number of carbonyl (C=O) groups excluding carboxylic acids is 1. The molecule has 0 amide bonds. The van der Waals surface area contributed by atoms with E-state index in [4.69, 9.17) is 11.6 Å². The van der Waals surface area contributed by atoms with Gasteiger partial charge in [0.25, 0.3) is 0 Å². The van der Waals surface area contributed by atoms with Gasteiger partial charge in [0.2, 0.25) is 0 Å². The molecule has 1 aliphatic rings. The smallest absolute Gasteiger partial charge is 0.156 e. The van der Waals surface area contributed by atoms with Crippen LogP contribution in [-0.4, -0.2) is 11.2 Å². The summed E-state index contributed by atoms with van der Waals surface area (Å²) in [6.45, 7) is 5.97. The molecule has 0 spiro atoms. The molecular weight excluding hydrogens is 160 g/mol. The van der Waals surface area contributed by atoms with E-state index in [1.165, 1.54) is 0 Å². The standard InChI is InChI=1S/C9H13ClO/c1-6-4-7(11)5-9(2,3)8(6)10/h4,8H,5H2,1-3H3. The molecule has 0 N–H and O–H groups in total. The Balaban J connectivity index is 2.95. The van der Waals surface area contributed by atoms with Crippen LogP contribution in [0.1, 0.15) is 27.2 Å². The maximum absolute atomic E-state index is 11.1. The molecule has 0 heterocycles. The summed E-state index contributed by atoms with van der Waals surface area (Å²) in [5, 5.41) is 0.0141. The van der Waals surface area contributed by atoms with Crippen LogP contribution >= 0.6 is 11.6 Å². The van der Waals surface area contributed by atoms with Gasteiger partial charge in [0.1, 0.15) is 0 Å². The lowest BCUT2D eigenvalue weighted by molar-refractivity contribution is -0.116. The quantitative estimate of drug-likeness (QED) is 0.514. The highest BCUT2D eigenvalue weighted by Crippen LogP contribution is 2.37. The highest BCUT2D eigenvalue weighted by molar-refractivity contribution is 6.23. The summed E-state index contributed by atoms with van der Waals surface area (Å²) in [6, 6.07) is 0. The monoisotopic (exact) mass is 172 g/mol. The molecule has 0 aromatic carbocycles. The van der Waals surface area contributed by atoms with Crippen LogP contribution in [0.15, 0.2) is 11.6 Å². The van der Waals surface area contributed by atoms with Crippen molar-refractivity contribution in [1.82, 2.24) is 0 Å². The van der Waals surface area contributed by atoms with Gasteiger partial charge in [-0.2, -0.15) is 0 Å². The van der Waals surface area contributed by atoms with E-state index < -0.39 is 0 Å². The van der Waals surface area contributed by atoms with Crippen LogP contribution in [0.25, 0.3) is 0 Å². The molecule has 0 aliphatic heterocycles. The molecule has 0 bridgehead atoms. The Morgan fingerprint density at radius 3 is 2.64 bits per heavy atom. The van der Waals surface area contributed by atoms with Crippen molar-refractivity contribution in [2.45, 2.75) is 32.6 Å². The fraction of sp³-hybridized carbons (Fsp3) is 0.667. The fourth-order valence-corrected chi connectivity index (χ4v) is 1.67. The second-order valence-electron chi connectivity index (χ2n) is 3.88. The van der Waals surface area contributed by atoms with E-state index in [1.54, 1.807) is 6.08 Å². The number of rotatable bonds is 0. The molecule has 0 aromatic heterocycles. The van der Waals surface area contributed by atoms with Crippen molar-refractivity contribution in [2.24, 2.45) is 5.41 Å². The van der Waals surface area contributed by atoms with Crippen molar-refractivity contribution in [2.75, 3.05) is 0 Å². The van der Waals surface area contributed by atoms with E-state index in [-0.39, 0.29) is 16.6 Å². The van der Waals surface area contributed by atoms with E-state index in [0.29, 0.717) is 6.42 Å². The molecule has 0 radical (unpaired) electrons. The predicted molar refractivity (Wildman–Crippen MR) is 46.8 cm³/mol. The number of allylic oxidation sites excluding steroid dienone is 2. The van der Waals surface area contributed by atoms with Crippen molar-refractivity contribution < 1.29 is 4.79 Å². The van der Waals surface area contributed by atoms with Gasteiger partial charge >= 0.3 is 0 Å². The van der Waals surface area contributed by atoms with Crippen molar-refractivity contribution in [3.63, 3.8) is 0 Å². The molecule has 1 rings (SSSR count). The topological polar surface area (TPSA) is 17.1 Å². The largest absolute Gasteiger partial charge is 0.295 e. The van der Waals surface area contributed by atoms with Gasteiger partial charge in [-0.05, 0) is 18.4 Å². The molecule has 0 aromatic rings. The molecule has 0 saturated heterocycles. The number of halogens is 1. The van der Waals surface area contributed by atoms with Crippen LogP contribution in [0.4, 0.5) is 0 Å². The molecular formula is C9H13ClO. The number of ketones is 1. The first kappa shape index (κ1) is 8.79. The van der Waals surface area contributed by atoms with E-state index >= 15 is 0 Å². The Bertz CT molecular complexity index is 216. The van der Waals surface area contributed by atoms with Crippen molar-refractivity contribution in [1.29, 1.82) is 0 Å². The van der Waals surface area contributed by atoms with Crippen molar-refractivity contribution in [3.05, 3.63) is 11.6 Å². The van der Waals surface area contributed by atoms with Gasteiger partial charge in [-0.15, -0.1) is 11.6 Å². The zero-order valence-electron chi connectivity index (χ0n) is 7.15. The van der Waals surface area contributed by atoms with E-state index in [2.05, 4.69) is 0 Å². The fourth-order valence-electron chi connectivity index (χ4n) is 1.53. The zero-order valence-corrected chi connectivity index (χ0v) is 7.90. The summed E-state index contributed by atoms with van der Waals surface area (Å²) in [7, 11) is 0. The first-order chi connectivity index (χ1) is 4.93. The van der Waals surface area contributed by atoms with Crippen LogP contribution in [0.3, 0.4) is 0 Å². The molecule has 1 nitrogen and oxygen atoms in total. The molecule has 0 saturated carbocycles. The van der Waals surface area contributed by atoms with Gasteiger partial charge < -0.3 is 0 Å². The SMILES string of the molecule is CC1=CC(=O)CC(C)(C)C1Cl. The molecule has 62 valence electrons.